The average Bonchev–Trinajstić information content (AvgIpc) is 2.86. The summed E-state index contributed by atoms with van der Waals surface area (Å²) in [7, 11) is 0. The molecule has 0 amide bonds. The van der Waals surface area contributed by atoms with Gasteiger partial charge in [-0.1, -0.05) is 18.5 Å². The van der Waals surface area contributed by atoms with Crippen LogP contribution in [0.4, 0.5) is 0 Å². The third kappa shape index (κ3) is 2.66. The first kappa shape index (κ1) is 13.0. The minimum absolute atomic E-state index is 0.412. The van der Waals surface area contributed by atoms with Crippen molar-refractivity contribution >= 4 is 22.9 Å². The summed E-state index contributed by atoms with van der Waals surface area (Å²) in [6.45, 7) is 3.11. The van der Waals surface area contributed by atoms with Crippen molar-refractivity contribution < 1.29 is 0 Å². The molecule has 2 aromatic heterocycles. The Labute approximate surface area is 122 Å². The molecule has 0 bridgehead atoms. The molecule has 0 spiro atoms. The van der Waals surface area contributed by atoms with Gasteiger partial charge in [-0.3, -0.25) is 0 Å². The van der Waals surface area contributed by atoms with Gasteiger partial charge in [0.2, 0.25) is 0 Å². The van der Waals surface area contributed by atoms with Crippen LogP contribution in [0.5, 0.6) is 0 Å². The van der Waals surface area contributed by atoms with Gasteiger partial charge in [-0.25, -0.2) is 9.97 Å². The SMILES string of the molecule is CCNC1CCCc2nc(-c3cc(Cl)cs3)ncc21. The van der Waals surface area contributed by atoms with Crippen LogP contribution in [0, 0.1) is 0 Å². The van der Waals surface area contributed by atoms with Crippen LogP contribution in [0.2, 0.25) is 5.02 Å². The van der Waals surface area contributed by atoms with Crippen molar-refractivity contribution in [2.24, 2.45) is 0 Å². The summed E-state index contributed by atoms with van der Waals surface area (Å²) in [4.78, 5) is 10.3. The van der Waals surface area contributed by atoms with E-state index in [0.717, 1.165) is 28.7 Å². The first-order valence-electron chi connectivity index (χ1n) is 6.61. The highest BCUT2D eigenvalue weighted by Crippen LogP contribution is 2.31. The van der Waals surface area contributed by atoms with Crippen LogP contribution < -0.4 is 5.32 Å². The van der Waals surface area contributed by atoms with Crippen LogP contribution in [0.15, 0.2) is 17.6 Å². The predicted octanol–water partition coefficient (Wildman–Crippen LogP) is 3.85. The van der Waals surface area contributed by atoms with E-state index in [0.29, 0.717) is 6.04 Å². The molecule has 0 saturated carbocycles. The fourth-order valence-electron chi connectivity index (χ4n) is 2.55. The molecule has 5 heteroatoms. The summed E-state index contributed by atoms with van der Waals surface area (Å²) in [6, 6.07) is 2.34. The molecular weight excluding hydrogens is 278 g/mol. The molecule has 3 rings (SSSR count). The van der Waals surface area contributed by atoms with Crippen molar-refractivity contribution in [3.05, 3.63) is 33.9 Å². The van der Waals surface area contributed by atoms with E-state index >= 15 is 0 Å². The van der Waals surface area contributed by atoms with E-state index in [1.807, 2.05) is 17.6 Å². The highest BCUT2D eigenvalue weighted by molar-refractivity contribution is 7.14. The Morgan fingerprint density at radius 2 is 2.42 bits per heavy atom. The zero-order valence-corrected chi connectivity index (χ0v) is 12.4. The molecule has 1 atom stereocenters. The number of halogens is 1. The molecular formula is C14H16ClN3S. The maximum Gasteiger partial charge on any atom is 0.169 e. The van der Waals surface area contributed by atoms with Crippen molar-refractivity contribution in [1.29, 1.82) is 0 Å². The Morgan fingerprint density at radius 3 is 3.16 bits per heavy atom. The Morgan fingerprint density at radius 1 is 1.53 bits per heavy atom. The highest BCUT2D eigenvalue weighted by atomic mass is 35.5. The number of rotatable bonds is 3. The first-order chi connectivity index (χ1) is 9.28. The molecule has 2 heterocycles. The molecule has 3 nitrogen and oxygen atoms in total. The van der Waals surface area contributed by atoms with Crippen LogP contribution in [-0.4, -0.2) is 16.5 Å². The Bertz CT molecular complexity index is 582. The maximum atomic E-state index is 5.96. The van der Waals surface area contributed by atoms with Crippen LogP contribution in [-0.2, 0) is 6.42 Å². The molecule has 1 aliphatic rings. The number of nitrogens with zero attached hydrogens (tertiary/aromatic N) is 2. The molecule has 100 valence electrons. The second-order valence-corrected chi connectivity index (χ2v) is 6.07. The molecule has 1 N–H and O–H groups in total. The fraction of sp³-hybridized carbons (Fsp3) is 0.429. The zero-order chi connectivity index (χ0) is 13.2. The van der Waals surface area contributed by atoms with Crippen LogP contribution in [0.3, 0.4) is 0 Å². The summed E-state index contributed by atoms with van der Waals surface area (Å²) < 4.78 is 0. The maximum absolute atomic E-state index is 5.96. The minimum Gasteiger partial charge on any atom is -0.310 e. The van der Waals surface area contributed by atoms with Crippen molar-refractivity contribution in [3.63, 3.8) is 0 Å². The van der Waals surface area contributed by atoms with E-state index in [2.05, 4.69) is 17.2 Å². The minimum atomic E-state index is 0.412. The number of hydrogen-bond acceptors (Lipinski definition) is 4. The lowest BCUT2D eigenvalue weighted by Gasteiger charge is -2.25. The number of aromatic nitrogens is 2. The van der Waals surface area contributed by atoms with E-state index in [1.54, 1.807) is 11.3 Å². The molecule has 0 radical (unpaired) electrons. The van der Waals surface area contributed by atoms with Gasteiger partial charge in [0.25, 0.3) is 0 Å². The van der Waals surface area contributed by atoms with E-state index in [1.165, 1.54) is 24.1 Å². The Balaban J connectivity index is 1.95. The smallest absolute Gasteiger partial charge is 0.169 e. The number of nitrogens with one attached hydrogen (secondary N) is 1. The van der Waals surface area contributed by atoms with Gasteiger partial charge < -0.3 is 5.32 Å². The van der Waals surface area contributed by atoms with E-state index < -0.39 is 0 Å². The summed E-state index contributed by atoms with van der Waals surface area (Å²) in [6.07, 6.45) is 5.39. The van der Waals surface area contributed by atoms with E-state index in [-0.39, 0.29) is 0 Å². The second kappa shape index (κ2) is 5.57. The standard InChI is InChI=1S/C14H16ClN3S/c1-2-16-11-4-3-5-12-10(11)7-17-14(18-12)13-6-9(15)8-19-13/h6-8,11,16H,2-5H2,1H3. The lowest BCUT2D eigenvalue weighted by Crippen LogP contribution is -2.25. The predicted molar refractivity (Wildman–Crippen MR) is 79.7 cm³/mol. The number of thiophene rings is 1. The van der Waals surface area contributed by atoms with E-state index in [4.69, 9.17) is 16.6 Å². The quantitative estimate of drug-likeness (QED) is 0.934. The summed E-state index contributed by atoms with van der Waals surface area (Å²) in [5.41, 5.74) is 2.45. The summed E-state index contributed by atoms with van der Waals surface area (Å²) in [5, 5.41) is 6.18. The van der Waals surface area contributed by atoms with Gasteiger partial charge in [-0.05, 0) is 31.9 Å². The number of hydrogen-bond donors (Lipinski definition) is 1. The van der Waals surface area contributed by atoms with Gasteiger partial charge in [0.15, 0.2) is 5.82 Å². The molecule has 19 heavy (non-hydrogen) atoms. The zero-order valence-electron chi connectivity index (χ0n) is 10.8. The van der Waals surface area contributed by atoms with Crippen molar-refractivity contribution in [1.82, 2.24) is 15.3 Å². The molecule has 2 aromatic rings. The molecule has 1 aliphatic carbocycles. The van der Waals surface area contributed by atoms with Crippen LogP contribution >= 0.6 is 22.9 Å². The topological polar surface area (TPSA) is 37.8 Å². The van der Waals surface area contributed by atoms with Gasteiger partial charge in [-0.15, -0.1) is 11.3 Å². The average molecular weight is 294 g/mol. The largest absolute Gasteiger partial charge is 0.310 e. The Hall–Kier alpha value is -0.970. The molecule has 0 saturated heterocycles. The van der Waals surface area contributed by atoms with Gasteiger partial charge in [-0.2, -0.15) is 0 Å². The van der Waals surface area contributed by atoms with Crippen molar-refractivity contribution in [2.45, 2.75) is 32.2 Å². The Kier molecular flexibility index (Phi) is 3.82. The third-order valence-corrected chi connectivity index (χ3v) is 4.69. The molecule has 1 unspecified atom stereocenters. The highest BCUT2D eigenvalue weighted by Gasteiger charge is 2.21. The van der Waals surface area contributed by atoms with Crippen molar-refractivity contribution in [3.8, 4) is 10.7 Å². The van der Waals surface area contributed by atoms with E-state index in [9.17, 15) is 0 Å². The monoisotopic (exact) mass is 293 g/mol. The molecule has 0 aliphatic heterocycles. The normalized spacial score (nSPS) is 18.3. The number of fused-ring (bicyclic) bond motifs is 1. The lowest BCUT2D eigenvalue weighted by molar-refractivity contribution is 0.464. The van der Waals surface area contributed by atoms with Gasteiger partial charge in [0, 0.05) is 28.9 Å². The molecule has 0 aromatic carbocycles. The summed E-state index contributed by atoms with van der Waals surface area (Å²) >= 11 is 7.55. The lowest BCUT2D eigenvalue weighted by atomic mass is 9.92. The molecule has 0 fully saturated rings. The number of aryl methyl sites for hydroxylation is 1. The van der Waals surface area contributed by atoms with Gasteiger partial charge in [0.1, 0.15) is 0 Å². The summed E-state index contributed by atoms with van der Waals surface area (Å²) in [5.74, 6) is 0.799. The first-order valence-corrected chi connectivity index (χ1v) is 7.87. The van der Waals surface area contributed by atoms with Crippen LogP contribution in [0.1, 0.15) is 37.1 Å². The fourth-order valence-corrected chi connectivity index (χ4v) is 3.57. The van der Waals surface area contributed by atoms with Crippen molar-refractivity contribution in [2.75, 3.05) is 6.54 Å². The van der Waals surface area contributed by atoms with Gasteiger partial charge >= 0.3 is 0 Å². The van der Waals surface area contributed by atoms with Crippen LogP contribution in [0.25, 0.3) is 10.7 Å². The second-order valence-electron chi connectivity index (χ2n) is 4.73. The third-order valence-electron chi connectivity index (χ3n) is 3.42. The van der Waals surface area contributed by atoms with Gasteiger partial charge in [0.05, 0.1) is 9.90 Å².